The molecule has 0 aliphatic carbocycles. The smallest absolute Gasteiger partial charge is 0.336 e. The second-order valence-corrected chi connectivity index (χ2v) is 6.08. The third-order valence-electron chi connectivity index (χ3n) is 3.04. The van der Waals surface area contributed by atoms with Crippen molar-refractivity contribution in [1.29, 1.82) is 0 Å². The van der Waals surface area contributed by atoms with E-state index in [9.17, 15) is 19.5 Å². The summed E-state index contributed by atoms with van der Waals surface area (Å²) in [6.45, 7) is 8.85. The predicted octanol–water partition coefficient (Wildman–Crippen LogP) is 0.687. The molecular weight excluding hydrogens is 304 g/mol. The molecule has 0 aromatic heterocycles. The first-order valence-corrected chi connectivity index (χ1v) is 7.73. The van der Waals surface area contributed by atoms with Crippen LogP contribution in [0.25, 0.3) is 0 Å². The molecule has 0 bridgehead atoms. The van der Waals surface area contributed by atoms with Crippen LogP contribution in [0.15, 0.2) is 0 Å². The van der Waals surface area contributed by atoms with Gasteiger partial charge >= 0.3 is 18.0 Å². The number of esters is 1. The van der Waals surface area contributed by atoms with Crippen LogP contribution in [-0.4, -0.2) is 64.9 Å². The molecule has 0 saturated carbocycles. The molecule has 2 amide bonds. The number of nitrogens with zero attached hydrogens (tertiary/aromatic N) is 1. The van der Waals surface area contributed by atoms with E-state index in [1.54, 1.807) is 20.8 Å². The fraction of sp³-hybridized carbons (Fsp3) is 0.800. The van der Waals surface area contributed by atoms with E-state index in [0.29, 0.717) is 0 Å². The highest BCUT2D eigenvalue weighted by atomic mass is 16.5. The van der Waals surface area contributed by atoms with Crippen molar-refractivity contribution in [2.24, 2.45) is 11.8 Å². The Morgan fingerprint density at radius 2 is 1.70 bits per heavy atom. The first-order valence-electron chi connectivity index (χ1n) is 7.73. The van der Waals surface area contributed by atoms with Gasteiger partial charge in [-0.2, -0.15) is 0 Å². The molecule has 0 aromatic rings. The number of carbonyl (C=O) groups excluding carboxylic acids is 2. The molecule has 0 heterocycles. The molecule has 8 nitrogen and oxygen atoms in total. The van der Waals surface area contributed by atoms with Gasteiger partial charge in [-0.1, -0.05) is 27.7 Å². The van der Waals surface area contributed by atoms with Crippen molar-refractivity contribution in [3.8, 4) is 0 Å². The monoisotopic (exact) mass is 332 g/mol. The Bertz CT molecular complexity index is 411. The van der Waals surface area contributed by atoms with Crippen LogP contribution in [0.2, 0.25) is 0 Å². The normalized spacial score (nSPS) is 13.6. The number of aliphatic carboxylic acids is 1. The van der Waals surface area contributed by atoms with Gasteiger partial charge in [0.15, 0.2) is 6.10 Å². The minimum Gasteiger partial charge on any atom is -0.480 e. The molecule has 0 saturated heterocycles. The van der Waals surface area contributed by atoms with Gasteiger partial charge in [0.1, 0.15) is 6.04 Å². The largest absolute Gasteiger partial charge is 0.480 e. The van der Waals surface area contributed by atoms with Crippen LogP contribution in [0.3, 0.4) is 0 Å². The van der Waals surface area contributed by atoms with Crippen molar-refractivity contribution < 1.29 is 29.3 Å². The lowest BCUT2D eigenvalue weighted by molar-refractivity contribution is -0.153. The molecule has 0 aliphatic heterocycles. The summed E-state index contributed by atoms with van der Waals surface area (Å²) in [6.07, 6.45) is -1.47. The Balaban J connectivity index is 4.97. The third kappa shape index (κ3) is 7.83. The third-order valence-corrected chi connectivity index (χ3v) is 3.04. The molecule has 2 atom stereocenters. The zero-order chi connectivity index (χ0) is 18.2. The molecule has 0 unspecified atom stereocenters. The first kappa shape index (κ1) is 21.2. The highest BCUT2D eigenvalue weighted by Gasteiger charge is 2.29. The van der Waals surface area contributed by atoms with E-state index in [4.69, 9.17) is 9.84 Å². The number of urea groups is 1. The summed E-state index contributed by atoms with van der Waals surface area (Å²) >= 11 is 0. The number of hydrogen-bond acceptors (Lipinski definition) is 5. The summed E-state index contributed by atoms with van der Waals surface area (Å²) in [7, 11) is 0. The van der Waals surface area contributed by atoms with Gasteiger partial charge in [0.25, 0.3) is 0 Å². The topological polar surface area (TPSA) is 116 Å². The van der Waals surface area contributed by atoms with Crippen LogP contribution in [0, 0.1) is 11.8 Å². The molecular formula is C15H28N2O6. The number of carboxylic acid groups (broad SMARTS) is 1. The number of ether oxygens (including phenoxy) is 1. The van der Waals surface area contributed by atoms with Gasteiger partial charge in [-0.25, -0.2) is 14.4 Å². The van der Waals surface area contributed by atoms with Gasteiger partial charge < -0.3 is 25.2 Å². The number of aliphatic hydroxyl groups is 1. The molecule has 0 aliphatic rings. The van der Waals surface area contributed by atoms with Gasteiger partial charge in [-0.3, -0.25) is 0 Å². The lowest BCUT2D eigenvalue weighted by atomic mass is 10.1. The molecule has 134 valence electrons. The van der Waals surface area contributed by atoms with Crippen molar-refractivity contribution in [1.82, 2.24) is 10.2 Å². The fourth-order valence-corrected chi connectivity index (χ4v) is 1.94. The van der Waals surface area contributed by atoms with E-state index < -0.39 is 30.1 Å². The van der Waals surface area contributed by atoms with E-state index in [2.05, 4.69) is 5.32 Å². The zero-order valence-corrected chi connectivity index (χ0v) is 14.4. The van der Waals surface area contributed by atoms with Crippen LogP contribution in [0.4, 0.5) is 4.79 Å². The number of nitrogens with one attached hydrogen (secondary N) is 1. The molecule has 23 heavy (non-hydrogen) atoms. The first-order chi connectivity index (χ1) is 10.6. The molecule has 0 aromatic carbocycles. The van der Waals surface area contributed by atoms with Crippen molar-refractivity contribution in [3.63, 3.8) is 0 Å². The Morgan fingerprint density at radius 1 is 1.13 bits per heavy atom. The highest BCUT2D eigenvalue weighted by Crippen LogP contribution is 2.06. The van der Waals surface area contributed by atoms with E-state index in [1.807, 2.05) is 13.8 Å². The Kier molecular flexibility index (Phi) is 9.24. The highest BCUT2D eigenvalue weighted by molar-refractivity contribution is 5.83. The molecule has 8 heteroatoms. The Hall–Kier alpha value is -1.83. The molecule has 0 fully saturated rings. The van der Waals surface area contributed by atoms with E-state index in [-0.39, 0.29) is 31.5 Å². The van der Waals surface area contributed by atoms with Crippen molar-refractivity contribution in [2.45, 2.75) is 46.8 Å². The van der Waals surface area contributed by atoms with Gasteiger partial charge in [-0.05, 0) is 18.8 Å². The molecule has 0 spiro atoms. The quantitative estimate of drug-likeness (QED) is 0.535. The number of carbonyl (C=O) groups is 3. The van der Waals surface area contributed by atoms with Crippen molar-refractivity contribution in [3.05, 3.63) is 0 Å². The Morgan fingerprint density at radius 3 is 2.09 bits per heavy atom. The van der Waals surface area contributed by atoms with Crippen molar-refractivity contribution in [2.75, 3.05) is 19.7 Å². The number of hydrogen-bond donors (Lipinski definition) is 3. The predicted molar refractivity (Wildman–Crippen MR) is 83.8 cm³/mol. The summed E-state index contributed by atoms with van der Waals surface area (Å²) < 4.78 is 4.71. The van der Waals surface area contributed by atoms with E-state index >= 15 is 0 Å². The van der Waals surface area contributed by atoms with Crippen LogP contribution < -0.4 is 5.32 Å². The second kappa shape index (κ2) is 10.0. The number of carboxylic acids is 1. The number of aliphatic hydroxyl groups excluding tert-OH is 1. The lowest BCUT2D eigenvalue weighted by Gasteiger charge is -2.28. The molecule has 0 radical (unpaired) electrons. The summed E-state index contributed by atoms with van der Waals surface area (Å²) in [6, 6.07) is -1.68. The van der Waals surface area contributed by atoms with Crippen molar-refractivity contribution >= 4 is 18.0 Å². The summed E-state index contributed by atoms with van der Waals surface area (Å²) in [5.74, 6) is -2.17. The Labute approximate surface area is 136 Å². The lowest BCUT2D eigenvalue weighted by Crippen LogP contribution is -2.53. The van der Waals surface area contributed by atoms with E-state index in [0.717, 1.165) is 0 Å². The van der Waals surface area contributed by atoms with Gasteiger partial charge in [0, 0.05) is 6.54 Å². The average Bonchev–Trinajstić information content (AvgIpc) is 2.42. The van der Waals surface area contributed by atoms with Gasteiger partial charge in [0.2, 0.25) is 0 Å². The minimum atomic E-state index is -1.47. The molecule has 0 rings (SSSR count). The maximum atomic E-state index is 12.3. The zero-order valence-electron chi connectivity index (χ0n) is 14.4. The average molecular weight is 332 g/mol. The maximum absolute atomic E-state index is 12.3. The number of rotatable bonds is 9. The fourth-order valence-electron chi connectivity index (χ4n) is 1.94. The standard InChI is InChI=1S/C15H28N2O6/c1-6-23-14(21)11(18)8-17(7-9(2)3)15(22)16-12(10(4)5)13(19)20/h9-12,18H,6-8H2,1-5H3,(H,16,22)(H,19,20)/t11-,12-/m0/s1. The maximum Gasteiger partial charge on any atom is 0.336 e. The summed E-state index contributed by atoms with van der Waals surface area (Å²) in [5.41, 5.74) is 0. The summed E-state index contributed by atoms with van der Waals surface area (Å²) in [4.78, 5) is 36.2. The SMILES string of the molecule is CCOC(=O)[C@@H](O)CN(CC(C)C)C(=O)N[C@H](C(=O)O)C(C)C. The van der Waals surface area contributed by atoms with Crippen LogP contribution in [0.1, 0.15) is 34.6 Å². The van der Waals surface area contributed by atoms with Gasteiger partial charge in [0.05, 0.1) is 13.2 Å². The van der Waals surface area contributed by atoms with Crippen LogP contribution in [-0.2, 0) is 14.3 Å². The minimum absolute atomic E-state index is 0.0810. The number of amides is 2. The van der Waals surface area contributed by atoms with Crippen LogP contribution in [0.5, 0.6) is 0 Å². The summed E-state index contributed by atoms with van der Waals surface area (Å²) in [5, 5.41) is 21.4. The second-order valence-electron chi connectivity index (χ2n) is 6.08. The van der Waals surface area contributed by atoms with E-state index in [1.165, 1.54) is 4.90 Å². The van der Waals surface area contributed by atoms with Gasteiger partial charge in [-0.15, -0.1) is 0 Å². The van der Waals surface area contributed by atoms with Crippen LogP contribution >= 0.6 is 0 Å². The molecule has 3 N–H and O–H groups in total.